The van der Waals surface area contributed by atoms with E-state index < -0.39 is 14.6 Å². The third-order valence-electron chi connectivity index (χ3n) is 5.59. The lowest BCUT2D eigenvalue weighted by atomic mass is 9.98. The number of rotatable bonds is 10. The highest BCUT2D eigenvalue weighted by Gasteiger charge is 2.27. The summed E-state index contributed by atoms with van der Waals surface area (Å²) in [5.41, 5.74) is 1.36. The van der Waals surface area contributed by atoms with E-state index in [1.165, 1.54) is 37.7 Å². The van der Waals surface area contributed by atoms with Gasteiger partial charge in [0.2, 0.25) is 0 Å². The molecule has 1 aromatic carbocycles. The Morgan fingerprint density at radius 1 is 0.889 bits per heavy atom. The fraction of sp³-hybridized carbons (Fsp3) is 0.739. The molecule has 0 heterocycles. The van der Waals surface area contributed by atoms with Crippen LogP contribution in [0.2, 0.25) is 0 Å². The molecule has 27 heavy (non-hydrogen) atoms. The Kier molecular flexibility index (Phi) is 8.65. The number of sulfone groups is 1. The van der Waals surface area contributed by atoms with Gasteiger partial charge >= 0.3 is 0 Å². The molecule has 0 aromatic heterocycles. The van der Waals surface area contributed by atoms with Crippen LogP contribution in [-0.2, 0) is 16.3 Å². The maximum atomic E-state index is 12.1. The largest absolute Gasteiger partial charge is 0.490 e. The normalized spacial score (nSPS) is 16.4. The second-order valence-electron chi connectivity index (χ2n) is 8.97. The van der Waals surface area contributed by atoms with Gasteiger partial charge in [0.25, 0.3) is 0 Å². The third-order valence-corrected chi connectivity index (χ3v) is 8.28. The minimum atomic E-state index is -2.96. The zero-order valence-electron chi connectivity index (χ0n) is 17.5. The molecule has 0 atom stereocenters. The molecule has 0 aliphatic heterocycles. The summed E-state index contributed by atoms with van der Waals surface area (Å²) in [6, 6.07) is 8.60. The topological polar surface area (TPSA) is 43.4 Å². The summed E-state index contributed by atoms with van der Waals surface area (Å²) in [5.74, 6) is 1.32. The first kappa shape index (κ1) is 22.3. The van der Waals surface area contributed by atoms with Gasteiger partial charge in [0.1, 0.15) is 5.75 Å². The van der Waals surface area contributed by atoms with Gasteiger partial charge in [0, 0.05) is 0 Å². The third kappa shape index (κ3) is 7.85. The summed E-state index contributed by atoms with van der Waals surface area (Å²) in [5, 5.41) is 0. The van der Waals surface area contributed by atoms with Crippen molar-refractivity contribution in [3.63, 3.8) is 0 Å². The van der Waals surface area contributed by atoms with Crippen molar-refractivity contribution >= 4 is 9.84 Å². The van der Waals surface area contributed by atoms with Crippen molar-refractivity contribution in [1.29, 1.82) is 0 Å². The van der Waals surface area contributed by atoms with Crippen molar-refractivity contribution in [2.75, 3.05) is 5.75 Å². The van der Waals surface area contributed by atoms with E-state index in [1.54, 1.807) is 20.8 Å². The van der Waals surface area contributed by atoms with Crippen LogP contribution < -0.4 is 4.74 Å². The fourth-order valence-corrected chi connectivity index (χ4v) is 4.76. The van der Waals surface area contributed by atoms with Crippen LogP contribution in [0.1, 0.15) is 90.5 Å². The van der Waals surface area contributed by atoms with Gasteiger partial charge in [-0.3, -0.25) is 0 Å². The maximum absolute atomic E-state index is 12.1. The minimum Gasteiger partial charge on any atom is -0.490 e. The predicted molar refractivity (Wildman–Crippen MR) is 114 cm³/mol. The number of unbranched alkanes of at least 4 members (excludes halogenated alkanes) is 4. The van der Waals surface area contributed by atoms with E-state index in [-0.39, 0.29) is 0 Å². The van der Waals surface area contributed by atoms with Crippen LogP contribution in [-0.4, -0.2) is 25.0 Å². The molecule has 0 saturated heterocycles. The van der Waals surface area contributed by atoms with Crippen LogP contribution in [0, 0.1) is 0 Å². The van der Waals surface area contributed by atoms with Crippen LogP contribution >= 0.6 is 0 Å². The molecule has 1 aromatic rings. The predicted octanol–water partition coefficient (Wildman–Crippen LogP) is 6.10. The molecule has 2 rings (SSSR count). The van der Waals surface area contributed by atoms with Crippen molar-refractivity contribution < 1.29 is 13.2 Å². The quantitative estimate of drug-likeness (QED) is 0.450. The first-order valence-corrected chi connectivity index (χ1v) is 12.4. The standard InChI is InChI=1S/C23H38O3S/c1-23(2,3)27(24,25)19-11-6-4-5-8-12-20-15-17-22(18-16-20)26-21-13-9-7-10-14-21/h15-18,21H,4-14,19H2,1-3H3. The summed E-state index contributed by atoms with van der Waals surface area (Å²) < 4.78 is 29.6. The lowest BCUT2D eigenvalue weighted by Crippen LogP contribution is -2.30. The van der Waals surface area contributed by atoms with Crippen LogP contribution in [0.3, 0.4) is 0 Å². The van der Waals surface area contributed by atoms with Gasteiger partial charge in [-0.05, 0) is 83.4 Å². The number of ether oxygens (including phenoxy) is 1. The van der Waals surface area contributed by atoms with E-state index in [2.05, 4.69) is 24.3 Å². The van der Waals surface area contributed by atoms with E-state index in [9.17, 15) is 8.42 Å². The molecule has 0 unspecified atom stereocenters. The molecule has 0 radical (unpaired) electrons. The summed E-state index contributed by atoms with van der Waals surface area (Å²) in [6.45, 7) is 5.36. The zero-order valence-corrected chi connectivity index (χ0v) is 18.3. The Bertz CT molecular complexity index is 635. The summed E-state index contributed by atoms with van der Waals surface area (Å²) in [7, 11) is -2.96. The highest BCUT2D eigenvalue weighted by Crippen LogP contribution is 2.24. The Morgan fingerprint density at radius 3 is 2.11 bits per heavy atom. The molecule has 0 N–H and O–H groups in total. The van der Waals surface area contributed by atoms with Gasteiger partial charge in [-0.2, -0.15) is 0 Å². The zero-order chi connectivity index (χ0) is 19.8. The Morgan fingerprint density at radius 2 is 1.48 bits per heavy atom. The SMILES string of the molecule is CC(C)(C)S(=O)(=O)CCCCCCCc1ccc(OC2CCCCC2)cc1. The molecule has 1 aliphatic rings. The smallest absolute Gasteiger partial charge is 0.155 e. The van der Waals surface area contributed by atoms with Crippen molar-refractivity contribution in [2.24, 2.45) is 0 Å². The first-order valence-electron chi connectivity index (χ1n) is 10.8. The number of benzene rings is 1. The van der Waals surface area contributed by atoms with Gasteiger partial charge in [0.05, 0.1) is 16.6 Å². The molecule has 1 aliphatic carbocycles. The second-order valence-corrected chi connectivity index (χ2v) is 11.8. The Hall–Kier alpha value is -1.03. The van der Waals surface area contributed by atoms with Crippen molar-refractivity contribution in [3.8, 4) is 5.75 Å². The van der Waals surface area contributed by atoms with E-state index in [0.29, 0.717) is 11.9 Å². The van der Waals surface area contributed by atoms with E-state index in [4.69, 9.17) is 4.74 Å². The monoisotopic (exact) mass is 394 g/mol. The molecule has 0 spiro atoms. The molecule has 1 saturated carbocycles. The molecule has 0 amide bonds. The Balaban J connectivity index is 1.58. The molecule has 154 valence electrons. The maximum Gasteiger partial charge on any atom is 0.155 e. The van der Waals surface area contributed by atoms with Gasteiger partial charge < -0.3 is 4.74 Å². The van der Waals surface area contributed by atoms with Crippen LogP contribution in [0.4, 0.5) is 0 Å². The number of hydrogen-bond donors (Lipinski definition) is 0. The molecule has 3 nitrogen and oxygen atoms in total. The Labute approximate surface area is 166 Å². The van der Waals surface area contributed by atoms with Gasteiger partial charge in [-0.1, -0.05) is 37.8 Å². The highest BCUT2D eigenvalue weighted by molar-refractivity contribution is 7.92. The average Bonchev–Trinajstić information content (AvgIpc) is 2.62. The summed E-state index contributed by atoms with van der Waals surface area (Å²) in [6.07, 6.45) is 13.1. The van der Waals surface area contributed by atoms with Crippen molar-refractivity contribution in [3.05, 3.63) is 29.8 Å². The van der Waals surface area contributed by atoms with Gasteiger partial charge in [-0.15, -0.1) is 0 Å². The van der Waals surface area contributed by atoms with Crippen LogP contribution in [0.5, 0.6) is 5.75 Å². The lowest BCUT2D eigenvalue weighted by Gasteiger charge is -2.23. The fourth-order valence-electron chi connectivity index (χ4n) is 3.57. The molecular formula is C23H38O3S. The molecule has 0 bridgehead atoms. The van der Waals surface area contributed by atoms with Crippen molar-refractivity contribution in [2.45, 2.75) is 102 Å². The highest BCUT2D eigenvalue weighted by atomic mass is 32.2. The van der Waals surface area contributed by atoms with Crippen LogP contribution in [0.25, 0.3) is 0 Å². The van der Waals surface area contributed by atoms with E-state index in [0.717, 1.165) is 44.3 Å². The minimum absolute atomic E-state index is 0.318. The van der Waals surface area contributed by atoms with Gasteiger partial charge in [0.15, 0.2) is 9.84 Å². The van der Waals surface area contributed by atoms with Gasteiger partial charge in [-0.25, -0.2) is 8.42 Å². The van der Waals surface area contributed by atoms with Crippen molar-refractivity contribution in [1.82, 2.24) is 0 Å². The number of hydrogen-bond acceptors (Lipinski definition) is 3. The first-order chi connectivity index (χ1) is 12.8. The van der Waals surface area contributed by atoms with Crippen LogP contribution in [0.15, 0.2) is 24.3 Å². The molecule has 1 fully saturated rings. The molecular weight excluding hydrogens is 356 g/mol. The van der Waals surface area contributed by atoms with E-state index in [1.807, 2.05) is 0 Å². The second kappa shape index (κ2) is 10.5. The van der Waals surface area contributed by atoms with E-state index >= 15 is 0 Å². The number of aryl methyl sites for hydroxylation is 1. The summed E-state index contributed by atoms with van der Waals surface area (Å²) >= 11 is 0. The summed E-state index contributed by atoms with van der Waals surface area (Å²) in [4.78, 5) is 0. The lowest BCUT2D eigenvalue weighted by molar-refractivity contribution is 0.155. The molecule has 4 heteroatoms. The average molecular weight is 395 g/mol.